The van der Waals surface area contributed by atoms with Crippen LogP contribution in [-0.2, 0) is 14.8 Å². The minimum Gasteiger partial charge on any atom is -0.374 e. The van der Waals surface area contributed by atoms with Crippen molar-refractivity contribution in [2.75, 3.05) is 10.6 Å². The summed E-state index contributed by atoms with van der Waals surface area (Å²) in [7, 11) is -3.55. The van der Waals surface area contributed by atoms with E-state index in [-0.39, 0.29) is 16.8 Å². The molecule has 0 aliphatic heterocycles. The number of carbonyl (C=O) groups excluding carboxylic acids is 1. The number of amides is 1. The lowest BCUT2D eigenvalue weighted by Crippen LogP contribution is -2.32. The molecule has 27 heavy (non-hydrogen) atoms. The van der Waals surface area contributed by atoms with E-state index in [2.05, 4.69) is 15.4 Å². The SMILES string of the molecule is Cc1ccc(C)c(N[C@H](C)C(=O)Nc2ccc(S(=O)(=O)NC(C)C)cc2)c1. The molecule has 0 aliphatic rings. The number of sulfonamides is 1. The van der Waals surface area contributed by atoms with Crippen LogP contribution in [0.1, 0.15) is 31.9 Å². The maximum absolute atomic E-state index is 12.4. The molecule has 1 atom stereocenters. The van der Waals surface area contributed by atoms with Crippen molar-refractivity contribution in [3.63, 3.8) is 0 Å². The van der Waals surface area contributed by atoms with Gasteiger partial charge in [0, 0.05) is 17.4 Å². The van der Waals surface area contributed by atoms with Gasteiger partial charge in [-0.05, 0) is 76.1 Å². The first kappa shape index (κ1) is 20.9. The molecule has 0 unspecified atom stereocenters. The van der Waals surface area contributed by atoms with Crippen LogP contribution in [0.15, 0.2) is 47.4 Å². The highest BCUT2D eigenvalue weighted by molar-refractivity contribution is 7.89. The van der Waals surface area contributed by atoms with Gasteiger partial charge in [0.05, 0.1) is 4.90 Å². The molecule has 0 saturated carbocycles. The summed E-state index contributed by atoms with van der Waals surface area (Å²) in [5.74, 6) is -0.202. The molecular weight excluding hydrogens is 362 g/mol. The Morgan fingerprint density at radius 3 is 2.19 bits per heavy atom. The average Bonchev–Trinajstić information content (AvgIpc) is 2.57. The molecule has 3 N–H and O–H groups in total. The molecule has 0 aliphatic carbocycles. The number of carbonyl (C=O) groups is 1. The minimum atomic E-state index is -3.55. The van der Waals surface area contributed by atoms with Gasteiger partial charge in [-0.15, -0.1) is 0 Å². The quantitative estimate of drug-likeness (QED) is 0.677. The standard InChI is InChI=1S/C20H27N3O3S/c1-13(2)23-27(25,26)18-10-8-17(9-11-18)22-20(24)16(5)21-19-12-14(3)6-7-15(19)4/h6-13,16,21,23H,1-5H3,(H,22,24)/t16-/m1/s1. The van der Waals surface area contributed by atoms with Gasteiger partial charge < -0.3 is 10.6 Å². The maximum atomic E-state index is 12.4. The monoisotopic (exact) mass is 389 g/mol. The van der Waals surface area contributed by atoms with Crippen LogP contribution < -0.4 is 15.4 Å². The Kier molecular flexibility index (Phi) is 6.62. The number of benzene rings is 2. The average molecular weight is 390 g/mol. The summed E-state index contributed by atoms with van der Waals surface area (Å²) in [5, 5.41) is 6.01. The van der Waals surface area contributed by atoms with E-state index in [1.165, 1.54) is 12.1 Å². The first-order valence-electron chi connectivity index (χ1n) is 8.85. The second-order valence-corrected chi connectivity index (χ2v) is 8.69. The van der Waals surface area contributed by atoms with Crippen molar-refractivity contribution in [3.8, 4) is 0 Å². The van der Waals surface area contributed by atoms with Crippen molar-refractivity contribution in [2.45, 2.75) is 51.6 Å². The summed E-state index contributed by atoms with van der Waals surface area (Å²) in [4.78, 5) is 12.6. The zero-order chi connectivity index (χ0) is 20.2. The zero-order valence-electron chi connectivity index (χ0n) is 16.3. The smallest absolute Gasteiger partial charge is 0.246 e. The zero-order valence-corrected chi connectivity index (χ0v) is 17.1. The lowest BCUT2D eigenvalue weighted by atomic mass is 10.1. The highest BCUT2D eigenvalue weighted by Gasteiger charge is 2.17. The minimum absolute atomic E-state index is 0.163. The van der Waals surface area contributed by atoms with E-state index in [0.717, 1.165) is 16.8 Å². The Morgan fingerprint density at radius 2 is 1.59 bits per heavy atom. The van der Waals surface area contributed by atoms with E-state index < -0.39 is 16.1 Å². The first-order chi connectivity index (χ1) is 12.6. The van der Waals surface area contributed by atoms with Gasteiger partial charge in [-0.2, -0.15) is 0 Å². The Bertz CT molecular complexity index is 907. The Labute approximate surface area is 161 Å². The highest BCUT2D eigenvalue weighted by atomic mass is 32.2. The van der Waals surface area contributed by atoms with Gasteiger partial charge in [0.1, 0.15) is 6.04 Å². The summed E-state index contributed by atoms with van der Waals surface area (Å²) < 4.78 is 26.8. The molecule has 0 fully saturated rings. The van der Waals surface area contributed by atoms with Crippen LogP contribution in [0.3, 0.4) is 0 Å². The summed E-state index contributed by atoms with van der Waals surface area (Å²) in [5.41, 5.74) is 3.63. The molecule has 0 heterocycles. The molecule has 7 heteroatoms. The second-order valence-electron chi connectivity index (χ2n) is 6.97. The van der Waals surface area contributed by atoms with Gasteiger partial charge in [0.2, 0.25) is 15.9 Å². The number of anilines is 2. The van der Waals surface area contributed by atoms with Gasteiger partial charge >= 0.3 is 0 Å². The van der Waals surface area contributed by atoms with Gasteiger partial charge in [-0.25, -0.2) is 13.1 Å². The largest absolute Gasteiger partial charge is 0.374 e. The third kappa shape index (κ3) is 5.80. The van der Waals surface area contributed by atoms with Crippen molar-refractivity contribution in [3.05, 3.63) is 53.6 Å². The van der Waals surface area contributed by atoms with E-state index in [4.69, 9.17) is 0 Å². The van der Waals surface area contributed by atoms with Crippen LogP contribution in [0, 0.1) is 13.8 Å². The molecule has 0 spiro atoms. The fourth-order valence-corrected chi connectivity index (χ4v) is 3.79. The second kappa shape index (κ2) is 8.54. The fourth-order valence-electron chi connectivity index (χ4n) is 2.54. The Hall–Kier alpha value is -2.38. The maximum Gasteiger partial charge on any atom is 0.246 e. The normalized spacial score (nSPS) is 12.7. The molecule has 2 rings (SSSR count). The van der Waals surface area contributed by atoms with Crippen molar-refractivity contribution in [1.82, 2.24) is 4.72 Å². The molecule has 1 amide bonds. The van der Waals surface area contributed by atoms with Crippen LogP contribution in [0.2, 0.25) is 0 Å². The summed E-state index contributed by atoms with van der Waals surface area (Å²) in [6.45, 7) is 9.28. The van der Waals surface area contributed by atoms with E-state index in [0.29, 0.717) is 5.69 Å². The van der Waals surface area contributed by atoms with Crippen molar-refractivity contribution < 1.29 is 13.2 Å². The first-order valence-corrected chi connectivity index (χ1v) is 10.3. The van der Waals surface area contributed by atoms with Gasteiger partial charge in [-0.1, -0.05) is 12.1 Å². The van der Waals surface area contributed by atoms with Gasteiger partial charge in [0.15, 0.2) is 0 Å². The number of rotatable bonds is 7. The number of aryl methyl sites for hydroxylation is 2. The summed E-state index contributed by atoms with van der Waals surface area (Å²) >= 11 is 0. The van der Waals surface area contributed by atoms with Crippen LogP contribution in [0.4, 0.5) is 11.4 Å². The van der Waals surface area contributed by atoms with Crippen LogP contribution in [0.5, 0.6) is 0 Å². The molecular formula is C20H27N3O3S. The fraction of sp³-hybridized carbons (Fsp3) is 0.350. The predicted molar refractivity (Wildman–Crippen MR) is 110 cm³/mol. The van der Waals surface area contributed by atoms with E-state index in [9.17, 15) is 13.2 Å². The molecule has 0 aromatic heterocycles. The number of hydrogen-bond donors (Lipinski definition) is 3. The lowest BCUT2D eigenvalue weighted by molar-refractivity contribution is -0.116. The molecule has 2 aromatic rings. The van der Waals surface area contributed by atoms with Crippen molar-refractivity contribution in [2.24, 2.45) is 0 Å². The highest BCUT2D eigenvalue weighted by Crippen LogP contribution is 2.18. The molecule has 0 bridgehead atoms. The Balaban J connectivity index is 2.04. The van der Waals surface area contributed by atoms with E-state index >= 15 is 0 Å². The van der Waals surface area contributed by atoms with E-state index in [1.807, 2.05) is 32.0 Å². The van der Waals surface area contributed by atoms with Crippen LogP contribution in [0.25, 0.3) is 0 Å². The lowest BCUT2D eigenvalue weighted by Gasteiger charge is -2.17. The van der Waals surface area contributed by atoms with Crippen molar-refractivity contribution in [1.29, 1.82) is 0 Å². The van der Waals surface area contributed by atoms with Crippen LogP contribution in [-0.4, -0.2) is 26.4 Å². The summed E-state index contributed by atoms with van der Waals surface area (Å²) in [6.07, 6.45) is 0. The number of hydrogen-bond acceptors (Lipinski definition) is 4. The molecule has 6 nitrogen and oxygen atoms in total. The van der Waals surface area contributed by atoms with Crippen molar-refractivity contribution >= 4 is 27.3 Å². The predicted octanol–water partition coefficient (Wildman–Crippen LogP) is 3.43. The van der Waals surface area contributed by atoms with Gasteiger partial charge in [-0.3, -0.25) is 4.79 Å². The molecule has 0 saturated heterocycles. The van der Waals surface area contributed by atoms with Crippen LogP contribution >= 0.6 is 0 Å². The topological polar surface area (TPSA) is 87.3 Å². The van der Waals surface area contributed by atoms with Gasteiger partial charge in [0.25, 0.3) is 0 Å². The third-order valence-electron chi connectivity index (χ3n) is 3.98. The number of nitrogens with one attached hydrogen (secondary N) is 3. The molecule has 2 aromatic carbocycles. The Morgan fingerprint density at radius 1 is 0.963 bits per heavy atom. The third-order valence-corrected chi connectivity index (χ3v) is 5.66. The van der Waals surface area contributed by atoms with E-state index in [1.54, 1.807) is 32.9 Å². The molecule has 146 valence electrons. The molecule has 0 radical (unpaired) electrons. The summed E-state index contributed by atoms with van der Waals surface area (Å²) in [6, 6.07) is 11.5.